The van der Waals surface area contributed by atoms with Gasteiger partial charge in [-0.15, -0.1) is 10.2 Å². The average molecular weight is 478 g/mol. The lowest BCUT2D eigenvalue weighted by Gasteiger charge is -2.13. The van der Waals surface area contributed by atoms with Gasteiger partial charge in [-0.2, -0.15) is 0 Å². The molecule has 2 amide bonds. The normalized spacial score (nSPS) is 10.8. The van der Waals surface area contributed by atoms with E-state index in [0.29, 0.717) is 33.3 Å². The Bertz CT molecular complexity index is 1040. The molecular weight excluding hydrogens is 453 g/mol. The second kappa shape index (κ2) is 11.4. The van der Waals surface area contributed by atoms with Crippen molar-refractivity contribution < 1.29 is 4.79 Å². The number of aromatic nitrogens is 3. The lowest BCUT2D eigenvalue weighted by molar-refractivity contribution is 0.240. The molecule has 0 saturated carbocycles. The predicted molar refractivity (Wildman–Crippen MR) is 127 cm³/mol. The highest BCUT2D eigenvalue weighted by molar-refractivity contribution is 7.98. The van der Waals surface area contributed by atoms with Crippen molar-refractivity contribution in [1.29, 1.82) is 0 Å². The van der Waals surface area contributed by atoms with Gasteiger partial charge in [-0.05, 0) is 42.7 Å². The molecule has 1 aromatic heterocycles. The number of urea groups is 1. The van der Waals surface area contributed by atoms with Crippen molar-refractivity contribution in [3.63, 3.8) is 0 Å². The van der Waals surface area contributed by atoms with E-state index in [1.165, 1.54) is 11.1 Å². The zero-order valence-electron chi connectivity index (χ0n) is 17.5. The summed E-state index contributed by atoms with van der Waals surface area (Å²) in [6.07, 6.45) is 1.95. The van der Waals surface area contributed by atoms with Crippen LogP contribution < -0.4 is 10.6 Å². The van der Waals surface area contributed by atoms with Gasteiger partial charge in [0.15, 0.2) is 11.0 Å². The minimum Gasteiger partial charge on any atom is -0.338 e. The molecule has 2 N–H and O–H groups in total. The first-order chi connectivity index (χ1) is 15.0. The number of nitrogens with zero attached hydrogens (tertiary/aromatic N) is 3. The zero-order chi connectivity index (χ0) is 22.2. The number of carbonyl (C=O) groups excluding carboxylic acids is 1. The molecule has 0 aliphatic carbocycles. The third-order valence-electron chi connectivity index (χ3n) is 4.69. The van der Waals surface area contributed by atoms with Gasteiger partial charge in [-0.25, -0.2) is 4.79 Å². The fourth-order valence-corrected chi connectivity index (χ4v) is 4.46. The summed E-state index contributed by atoms with van der Waals surface area (Å²) in [5, 5.41) is 16.1. The Morgan fingerprint density at radius 3 is 2.68 bits per heavy atom. The highest BCUT2D eigenvalue weighted by Gasteiger charge is 2.18. The van der Waals surface area contributed by atoms with Gasteiger partial charge in [0, 0.05) is 17.3 Å². The van der Waals surface area contributed by atoms with Gasteiger partial charge < -0.3 is 10.6 Å². The second-order valence-electron chi connectivity index (χ2n) is 7.01. The summed E-state index contributed by atoms with van der Waals surface area (Å²) in [5.74, 6) is 1.32. The summed E-state index contributed by atoms with van der Waals surface area (Å²) in [5.41, 5.74) is 3.15. The van der Waals surface area contributed by atoms with Crippen molar-refractivity contribution in [2.45, 2.75) is 44.1 Å². The highest BCUT2D eigenvalue weighted by atomic mass is 35.5. The number of halogens is 2. The molecule has 1 heterocycles. The number of thioether (sulfide) groups is 1. The lowest BCUT2D eigenvalue weighted by atomic mass is 10.1. The summed E-state index contributed by atoms with van der Waals surface area (Å²) < 4.78 is 1.87. The summed E-state index contributed by atoms with van der Waals surface area (Å²) in [6, 6.07) is 13.3. The Hall–Kier alpha value is -2.22. The van der Waals surface area contributed by atoms with Crippen molar-refractivity contribution >= 4 is 41.0 Å². The van der Waals surface area contributed by atoms with Gasteiger partial charge in [-0.3, -0.25) is 4.57 Å². The summed E-state index contributed by atoms with van der Waals surface area (Å²) in [7, 11) is 0. The monoisotopic (exact) mass is 477 g/mol. The second-order valence-corrected chi connectivity index (χ2v) is 8.79. The van der Waals surface area contributed by atoms with Crippen LogP contribution in [0, 0.1) is 6.92 Å². The van der Waals surface area contributed by atoms with Crippen LogP contribution in [-0.4, -0.2) is 27.3 Å². The Morgan fingerprint density at radius 1 is 1.13 bits per heavy atom. The number of rotatable bonds is 9. The molecule has 31 heavy (non-hydrogen) atoms. The van der Waals surface area contributed by atoms with E-state index in [1.807, 2.05) is 22.8 Å². The van der Waals surface area contributed by atoms with Gasteiger partial charge in [0.1, 0.15) is 0 Å². The molecule has 0 radical (unpaired) electrons. The first-order valence-electron chi connectivity index (χ1n) is 10.1. The highest BCUT2D eigenvalue weighted by Crippen LogP contribution is 2.31. The summed E-state index contributed by atoms with van der Waals surface area (Å²) >= 11 is 14.1. The molecule has 0 spiro atoms. The molecule has 0 saturated heterocycles. The largest absolute Gasteiger partial charge is 0.338 e. The van der Waals surface area contributed by atoms with Crippen molar-refractivity contribution in [3.8, 4) is 5.69 Å². The Morgan fingerprint density at radius 2 is 1.94 bits per heavy atom. The van der Waals surface area contributed by atoms with Crippen LogP contribution in [0.25, 0.3) is 5.69 Å². The standard InChI is InChI=1S/C22H25Cl2N5OS/c1-3-4-11-25-21(30)26-13-20-27-28-22(31-14-16-8-6-5-7-15(16)2)29(20)19-10-9-17(23)12-18(19)24/h5-10,12H,3-4,11,13-14H2,1-2H3,(H2,25,26,30). The van der Waals surface area contributed by atoms with Crippen LogP contribution >= 0.6 is 35.0 Å². The fraction of sp³-hybridized carbons (Fsp3) is 0.318. The Balaban J connectivity index is 1.83. The third-order valence-corrected chi connectivity index (χ3v) is 6.21. The van der Waals surface area contributed by atoms with Crippen LogP contribution in [0.4, 0.5) is 4.79 Å². The first kappa shape index (κ1) is 23.4. The minimum atomic E-state index is -0.237. The van der Waals surface area contributed by atoms with Crippen LogP contribution in [0.1, 0.15) is 36.7 Å². The number of benzene rings is 2. The number of nitrogens with one attached hydrogen (secondary N) is 2. The maximum Gasteiger partial charge on any atom is 0.315 e. The van der Waals surface area contributed by atoms with Crippen molar-refractivity contribution in [3.05, 3.63) is 69.5 Å². The molecule has 3 aromatic rings. The number of hydrogen-bond donors (Lipinski definition) is 2. The first-order valence-corrected chi connectivity index (χ1v) is 11.8. The molecule has 2 aromatic carbocycles. The van der Waals surface area contributed by atoms with Crippen molar-refractivity contribution in [2.24, 2.45) is 0 Å². The minimum absolute atomic E-state index is 0.217. The smallest absolute Gasteiger partial charge is 0.315 e. The van der Waals surface area contributed by atoms with E-state index in [0.717, 1.165) is 18.6 Å². The zero-order valence-corrected chi connectivity index (χ0v) is 19.8. The van der Waals surface area contributed by atoms with Crippen LogP contribution in [0.3, 0.4) is 0 Å². The van der Waals surface area contributed by atoms with Crippen LogP contribution in [-0.2, 0) is 12.3 Å². The number of amides is 2. The van der Waals surface area contributed by atoms with Gasteiger partial charge >= 0.3 is 6.03 Å². The molecule has 0 fully saturated rings. The molecule has 164 valence electrons. The summed E-state index contributed by atoms with van der Waals surface area (Å²) in [6.45, 7) is 5.02. The van der Waals surface area contributed by atoms with Gasteiger partial charge in [0.25, 0.3) is 0 Å². The number of carbonyl (C=O) groups is 1. The molecule has 3 rings (SSSR count). The molecule has 0 unspecified atom stereocenters. The third kappa shape index (κ3) is 6.38. The summed E-state index contributed by atoms with van der Waals surface area (Å²) in [4.78, 5) is 12.1. The SMILES string of the molecule is CCCCNC(=O)NCc1nnc(SCc2ccccc2C)n1-c1ccc(Cl)cc1Cl. The van der Waals surface area contributed by atoms with E-state index in [9.17, 15) is 4.79 Å². The van der Waals surface area contributed by atoms with E-state index >= 15 is 0 Å². The van der Waals surface area contributed by atoms with E-state index in [1.54, 1.807) is 23.9 Å². The van der Waals surface area contributed by atoms with Crippen molar-refractivity contribution in [1.82, 2.24) is 25.4 Å². The predicted octanol–water partition coefficient (Wildman–Crippen LogP) is 5.77. The molecule has 0 bridgehead atoms. The van der Waals surface area contributed by atoms with Gasteiger partial charge in [0.2, 0.25) is 0 Å². The lowest BCUT2D eigenvalue weighted by Crippen LogP contribution is -2.36. The van der Waals surface area contributed by atoms with Crippen LogP contribution in [0.2, 0.25) is 10.0 Å². The van der Waals surface area contributed by atoms with Gasteiger partial charge in [0.05, 0.1) is 17.3 Å². The maximum absolute atomic E-state index is 12.1. The Labute approximate surface area is 196 Å². The van der Waals surface area contributed by atoms with Crippen molar-refractivity contribution in [2.75, 3.05) is 6.54 Å². The van der Waals surface area contributed by atoms with E-state index in [4.69, 9.17) is 23.2 Å². The molecule has 6 nitrogen and oxygen atoms in total. The fourth-order valence-electron chi connectivity index (χ4n) is 2.93. The molecule has 0 aliphatic heterocycles. The topological polar surface area (TPSA) is 71.8 Å². The Kier molecular flexibility index (Phi) is 8.63. The van der Waals surface area contributed by atoms with Gasteiger partial charge in [-0.1, -0.05) is 72.6 Å². The molecular formula is C22H25Cl2N5OS. The molecule has 0 atom stereocenters. The van der Waals surface area contributed by atoms with E-state index < -0.39 is 0 Å². The molecule has 0 aliphatic rings. The van der Waals surface area contributed by atoms with Crippen LogP contribution in [0.5, 0.6) is 0 Å². The number of unbranched alkanes of at least 4 members (excludes halogenated alkanes) is 1. The van der Waals surface area contributed by atoms with E-state index in [-0.39, 0.29) is 12.6 Å². The van der Waals surface area contributed by atoms with E-state index in [2.05, 4.69) is 46.8 Å². The molecule has 9 heteroatoms. The maximum atomic E-state index is 12.1. The number of aryl methyl sites for hydroxylation is 1. The average Bonchev–Trinajstić information content (AvgIpc) is 3.14. The quantitative estimate of drug-likeness (QED) is 0.302. The number of hydrogen-bond acceptors (Lipinski definition) is 4. The van der Waals surface area contributed by atoms with Crippen LogP contribution in [0.15, 0.2) is 47.6 Å².